The average Bonchev–Trinajstić information content (AvgIpc) is 2.39. The van der Waals surface area contributed by atoms with Crippen LogP contribution in [0.25, 0.3) is 0 Å². The number of ether oxygens (including phenoxy) is 1. The molecular weight excluding hydrogens is 340 g/mol. The maximum Gasteiger partial charge on any atom is 0.170 e. The Balaban J connectivity index is 1.99. The Morgan fingerprint density at radius 1 is 1.25 bits per heavy atom. The summed E-state index contributed by atoms with van der Waals surface area (Å²) in [6.45, 7) is 1.98. The number of carbonyl (C=O) groups is 1. The Bertz CT molecular complexity index is 697. The van der Waals surface area contributed by atoms with Crippen molar-refractivity contribution in [1.29, 1.82) is 0 Å². The number of hydrogen-bond donors (Lipinski definition) is 0. The summed E-state index contributed by atoms with van der Waals surface area (Å²) in [7, 11) is 0. The van der Waals surface area contributed by atoms with Gasteiger partial charge in [0.1, 0.15) is 11.9 Å². The fourth-order valence-corrected chi connectivity index (χ4v) is 3.06. The van der Waals surface area contributed by atoms with Crippen LogP contribution in [0.4, 0.5) is 0 Å². The van der Waals surface area contributed by atoms with Gasteiger partial charge in [-0.2, -0.15) is 0 Å². The van der Waals surface area contributed by atoms with E-state index in [0.717, 1.165) is 15.6 Å². The molecule has 0 spiro atoms. The molecule has 0 saturated heterocycles. The van der Waals surface area contributed by atoms with Gasteiger partial charge < -0.3 is 4.74 Å². The summed E-state index contributed by atoms with van der Waals surface area (Å²) in [5.74, 6) is 0.746. The lowest BCUT2D eigenvalue weighted by atomic mass is 9.94. The fourth-order valence-electron chi connectivity index (χ4n) is 2.47. The van der Waals surface area contributed by atoms with Crippen molar-refractivity contribution in [3.63, 3.8) is 0 Å². The second-order valence-electron chi connectivity index (χ2n) is 4.88. The number of benzene rings is 2. The summed E-state index contributed by atoms with van der Waals surface area (Å²) in [6, 6.07) is 11.2. The number of rotatable bonds is 1. The maximum absolute atomic E-state index is 12.3. The Morgan fingerprint density at radius 2 is 2.05 bits per heavy atom. The first-order valence-corrected chi connectivity index (χ1v) is 7.47. The van der Waals surface area contributed by atoms with Crippen LogP contribution in [0.2, 0.25) is 5.02 Å². The van der Waals surface area contributed by atoms with E-state index in [4.69, 9.17) is 16.3 Å². The minimum Gasteiger partial charge on any atom is -0.484 e. The molecule has 4 heteroatoms. The Kier molecular flexibility index (Phi) is 3.57. The van der Waals surface area contributed by atoms with Gasteiger partial charge in [-0.05, 0) is 48.4 Å². The highest BCUT2D eigenvalue weighted by atomic mass is 79.9. The molecule has 0 bridgehead atoms. The van der Waals surface area contributed by atoms with E-state index in [1.165, 1.54) is 0 Å². The van der Waals surface area contributed by atoms with E-state index < -0.39 is 0 Å². The summed E-state index contributed by atoms with van der Waals surface area (Å²) in [5, 5.41) is 0.692. The van der Waals surface area contributed by atoms with Gasteiger partial charge in [-0.3, -0.25) is 4.79 Å². The van der Waals surface area contributed by atoms with Crippen LogP contribution in [-0.2, 0) is 0 Å². The van der Waals surface area contributed by atoms with Crippen molar-refractivity contribution in [2.75, 3.05) is 0 Å². The van der Waals surface area contributed by atoms with Crippen LogP contribution < -0.4 is 4.74 Å². The zero-order valence-electron chi connectivity index (χ0n) is 10.8. The molecule has 0 radical (unpaired) electrons. The second kappa shape index (κ2) is 5.23. The molecule has 2 aromatic carbocycles. The number of aryl methyl sites for hydroxylation is 1. The predicted octanol–water partition coefficient (Wildman–Crippen LogP) is 5.12. The van der Waals surface area contributed by atoms with E-state index in [-0.39, 0.29) is 11.9 Å². The van der Waals surface area contributed by atoms with Gasteiger partial charge in [0.25, 0.3) is 0 Å². The standard InChI is InChI=1S/C16H12BrClO2/c1-9-6-11(18)3-4-12(9)16-8-14(19)13-7-10(17)2-5-15(13)20-16/h2-7,16H,8H2,1H3. The van der Waals surface area contributed by atoms with Crippen LogP contribution in [0.5, 0.6) is 5.75 Å². The molecule has 1 unspecified atom stereocenters. The number of halogens is 2. The SMILES string of the molecule is Cc1cc(Cl)ccc1C1CC(=O)c2cc(Br)ccc2O1. The zero-order valence-corrected chi connectivity index (χ0v) is 13.2. The normalized spacial score (nSPS) is 17.6. The van der Waals surface area contributed by atoms with E-state index in [0.29, 0.717) is 22.8 Å². The van der Waals surface area contributed by atoms with Gasteiger partial charge in [-0.1, -0.05) is 33.6 Å². The van der Waals surface area contributed by atoms with Gasteiger partial charge in [0, 0.05) is 9.50 Å². The van der Waals surface area contributed by atoms with Crippen molar-refractivity contribution in [1.82, 2.24) is 0 Å². The van der Waals surface area contributed by atoms with Gasteiger partial charge in [0.05, 0.1) is 12.0 Å². The van der Waals surface area contributed by atoms with E-state index in [9.17, 15) is 4.79 Å². The smallest absolute Gasteiger partial charge is 0.170 e. The number of carbonyl (C=O) groups excluding carboxylic acids is 1. The molecule has 0 saturated carbocycles. The van der Waals surface area contributed by atoms with Crippen LogP contribution in [0.3, 0.4) is 0 Å². The first-order chi connectivity index (χ1) is 9.54. The van der Waals surface area contributed by atoms with E-state index in [1.54, 1.807) is 0 Å². The highest BCUT2D eigenvalue weighted by molar-refractivity contribution is 9.10. The second-order valence-corrected chi connectivity index (χ2v) is 6.23. The Hall–Kier alpha value is -1.32. The topological polar surface area (TPSA) is 26.3 Å². The quantitative estimate of drug-likeness (QED) is 0.713. The van der Waals surface area contributed by atoms with Crippen molar-refractivity contribution in [2.24, 2.45) is 0 Å². The molecule has 1 heterocycles. The Labute approximate surface area is 130 Å². The lowest BCUT2D eigenvalue weighted by Crippen LogP contribution is -2.21. The van der Waals surface area contributed by atoms with Crippen molar-refractivity contribution in [2.45, 2.75) is 19.4 Å². The summed E-state index contributed by atoms with van der Waals surface area (Å²) in [5.41, 5.74) is 2.69. The fraction of sp³-hybridized carbons (Fsp3) is 0.188. The third-order valence-electron chi connectivity index (χ3n) is 3.46. The van der Waals surface area contributed by atoms with Crippen LogP contribution in [0.15, 0.2) is 40.9 Å². The monoisotopic (exact) mass is 350 g/mol. The number of Topliss-reactive ketones (excluding diaryl/α,β-unsaturated/α-hetero) is 1. The maximum atomic E-state index is 12.3. The lowest BCUT2D eigenvalue weighted by molar-refractivity contribution is 0.0849. The molecule has 1 aliphatic heterocycles. The van der Waals surface area contributed by atoms with E-state index >= 15 is 0 Å². The summed E-state index contributed by atoms with van der Waals surface area (Å²) < 4.78 is 6.86. The summed E-state index contributed by atoms with van der Waals surface area (Å²) in [6.07, 6.45) is 0.111. The van der Waals surface area contributed by atoms with Crippen LogP contribution in [0.1, 0.15) is 34.0 Å². The first kappa shape index (κ1) is 13.7. The molecule has 2 nitrogen and oxygen atoms in total. The van der Waals surface area contributed by atoms with Crippen LogP contribution in [0, 0.1) is 6.92 Å². The highest BCUT2D eigenvalue weighted by Crippen LogP contribution is 2.37. The molecule has 1 atom stereocenters. The molecule has 0 fully saturated rings. The van der Waals surface area contributed by atoms with E-state index in [2.05, 4.69) is 15.9 Å². The van der Waals surface area contributed by atoms with Gasteiger partial charge in [0.15, 0.2) is 5.78 Å². The number of fused-ring (bicyclic) bond motifs is 1. The zero-order chi connectivity index (χ0) is 14.3. The van der Waals surface area contributed by atoms with Crippen LogP contribution in [-0.4, -0.2) is 5.78 Å². The predicted molar refractivity (Wildman–Crippen MR) is 82.6 cm³/mol. The minimum atomic E-state index is -0.242. The molecule has 0 aliphatic carbocycles. The molecule has 0 aromatic heterocycles. The highest BCUT2D eigenvalue weighted by Gasteiger charge is 2.28. The summed E-state index contributed by atoms with van der Waals surface area (Å²) in [4.78, 5) is 12.3. The molecule has 0 N–H and O–H groups in total. The first-order valence-electron chi connectivity index (χ1n) is 6.30. The van der Waals surface area contributed by atoms with Crippen molar-refractivity contribution < 1.29 is 9.53 Å². The Morgan fingerprint density at radius 3 is 2.80 bits per heavy atom. The molecule has 20 heavy (non-hydrogen) atoms. The van der Waals surface area contributed by atoms with Gasteiger partial charge >= 0.3 is 0 Å². The largest absolute Gasteiger partial charge is 0.484 e. The van der Waals surface area contributed by atoms with E-state index in [1.807, 2.05) is 43.3 Å². The molecule has 1 aliphatic rings. The number of ketones is 1. The average molecular weight is 352 g/mol. The molecule has 2 aromatic rings. The van der Waals surface area contributed by atoms with Gasteiger partial charge in [0.2, 0.25) is 0 Å². The lowest BCUT2D eigenvalue weighted by Gasteiger charge is -2.26. The van der Waals surface area contributed by atoms with Crippen LogP contribution >= 0.6 is 27.5 Å². The summed E-state index contributed by atoms with van der Waals surface area (Å²) >= 11 is 9.35. The van der Waals surface area contributed by atoms with Crippen molar-refractivity contribution in [3.8, 4) is 5.75 Å². The van der Waals surface area contributed by atoms with Crippen molar-refractivity contribution in [3.05, 3.63) is 62.6 Å². The minimum absolute atomic E-state index is 0.104. The van der Waals surface area contributed by atoms with Gasteiger partial charge in [-0.15, -0.1) is 0 Å². The van der Waals surface area contributed by atoms with Crippen molar-refractivity contribution >= 4 is 33.3 Å². The third kappa shape index (κ3) is 2.48. The molecule has 0 amide bonds. The number of hydrogen-bond acceptors (Lipinski definition) is 2. The third-order valence-corrected chi connectivity index (χ3v) is 4.19. The molecule has 102 valence electrons. The molecule has 3 rings (SSSR count). The molecular formula is C16H12BrClO2. The van der Waals surface area contributed by atoms with Gasteiger partial charge in [-0.25, -0.2) is 0 Å².